The molecule has 0 saturated carbocycles. The normalized spacial score (nSPS) is 11.4. The van der Waals surface area contributed by atoms with Gasteiger partial charge in [0.15, 0.2) is 0 Å². The summed E-state index contributed by atoms with van der Waals surface area (Å²) in [5.74, 6) is -0.163. The minimum atomic E-state index is -1.13. The molecule has 3 rings (SSSR count). The summed E-state index contributed by atoms with van der Waals surface area (Å²) in [7, 11) is 0. The fraction of sp³-hybridized carbons (Fsp3) is 0.400. The van der Waals surface area contributed by atoms with Crippen molar-refractivity contribution in [2.24, 2.45) is 0 Å². The third-order valence-corrected chi connectivity index (χ3v) is 8.53. The summed E-state index contributed by atoms with van der Waals surface area (Å²) in [4.78, 5) is 36.9. The number of rotatable bonds is 16. The van der Waals surface area contributed by atoms with Gasteiger partial charge in [0.25, 0.3) is 0 Å². The average Bonchev–Trinajstić information content (AvgIpc) is 3.01. The fourth-order valence-electron chi connectivity index (χ4n) is 4.90. The maximum atomic E-state index is 12.8. The van der Waals surface area contributed by atoms with Gasteiger partial charge in [-0.3, -0.25) is 4.79 Å². The Bertz CT molecular complexity index is 1200. The maximum absolute atomic E-state index is 12.8. The zero-order valence-corrected chi connectivity index (χ0v) is 26.8. The second-order valence-electron chi connectivity index (χ2n) is 11.5. The van der Waals surface area contributed by atoms with E-state index in [-0.39, 0.29) is 17.8 Å². The Kier molecular flexibility index (Phi) is 13.6. The number of thioether (sulfide) groups is 1. The monoisotopic (exact) mass is 619 g/mol. The number of amides is 3. The molecule has 0 aromatic heterocycles. The molecule has 3 aromatic carbocycles. The van der Waals surface area contributed by atoms with E-state index < -0.39 is 30.2 Å². The van der Waals surface area contributed by atoms with Crippen molar-refractivity contribution in [3.63, 3.8) is 0 Å². The Labute approximate surface area is 265 Å². The van der Waals surface area contributed by atoms with Crippen LogP contribution in [0.15, 0.2) is 91.0 Å². The summed E-state index contributed by atoms with van der Waals surface area (Å²) in [6.45, 7) is 5.93. The Morgan fingerprint density at radius 3 is 1.70 bits per heavy atom. The summed E-state index contributed by atoms with van der Waals surface area (Å²) >= 11 is 1.96. The molecule has 0 unspecified atom stereocenters. The molecule has 44 heavy (non-hydrogen) atoms. The molecule has 0 aliphatic rings. The Morgan fingerprint density at radius 1 is 0.727 bits per heavy atom. The van der Waals surface area contributed by atoms with Crippen LogP contribution in [-0.4, -0.2) is 65.6 Å². The van der Waals surface area contributed by atoms with Crippen LogP contribution < -0.4 is 10.6 Å². The second-order valence-corrected chi connectivity index (χ2v) is 12.8. The van der Waals surface area contributed by atoms with E-state index in [1.807, 2.05) is 32.5 Å². The van der Waals surface area contributed by atoms with Gasteiger partial charge in [0.05, 0.1) is 4.75 Å². The molecule has 0 heterocycles. The highest BCUT2D eigenvalue weighted by Gasteiger charge is 2.36. The van der Waals surface area contributed by atoms with Crippen molar-refractivity contribution in [2.75, 3.05) is 31.9 Å². The van der Waals surface area contributed by atoms with Crippen LogP contribution in [0, 0.1) is 0 Å². The summed E-state index contributed by atoms with van der Waals surface area (Å²) in [5.41, 5.74) is 3.11. The standard InChI is InChI=1S/C35H45N3O5S/c1-34(2,3)43-33(42)38(25-23-36-32(41)37-27-31(39)40)24-15-4-5-16-26-44-35(28-17-9-6-10-18-28,29-19-11-7-12-20-29)30-21-13-8-14-22-30/h6-14,17-22H,4-5,15-16,23-27H2,1-3H3,(H,39,40)(H2,36,37,41). The van der Waals surface area contributed by atoms with Gasteiger partial charge in [-0.2, -0.15) is 0 Å². The zero-order valence-electron chi connectivity index (χ0n) is 26.0. The van der Waals surface area contributed by atoms with Gasteiger partial charge in [-0.1, -0.05) is 104 Å². The first-order valence-electron chi connectivity index (χ1n) is 15.1. The van der Waals surface area contributed by atoms with Gasteiger partial charge in [0, 0.05) is 19.6 Å². The van der Waals surface area contributed by atoms with Crippen molar-refractivity contribution in [2.45, 2.75) is 56.8 Å². The molecule has 0 atom stereocenters. The van der Waals surface area contributed by atoms with Gasteiger partial charge in [-0.25, -0.2) is 9.59 Å². The minimum absolute atomic E-state index is 0.182. The van der Waals surface area contributed by atoms with Crippen molar-refractivity contribution in [1.29, 1.82) is 0 Å². The lowest BCUT2D eigenvalue weighted by Gasteiger charge is -2.35. The van der Waals surface area contributed by atoms with Gasteiger partial charge < -0.3 is 25.4 Å². The number of aliphatic carboxylic acids is 1. The number of ether oxygens (including phenoxy) is 1. The second kappa shape index (κ2) is 17.3. The SMILES string of the molecule is CC(C)(C)OC(=O)N(CCCCCCSC(c1ccccc1)(c1ccccc1)c1ccccc1)CCNC(=O)NCC(=O)O. The van der Waals surface area contributed by atoms with Gasteiger partial charge >= 0.3 is 18.1 Å². The number of nitrogens with one attached hydrogen (secondary N) is 2. The Balaban J connectivity index is 1.58. The molecule has 0 saturated heterocycles. The number of nitrogens with zero attached hydrogens (tertiary/aromatic N) is 1. The molecule has 0 bridgehead atoms. The van der Waals surface area contributed by atoms with Crippen LogP contribution in [0.3, 0.4) is 0 Å². The van der Waals surface area contributed by atoms with Crippen LogP contribution in [0.5, 0.6) is 0 Å². The van der Waals surface area contributed by atoms with E-state index in [0.717, 1.165) is 31.4 Å². The number of carboxylic acid groups (broad SMARTS) is 1. The molecule has 3 aromatic rings. The number of carbonyl (C=O) groups excluding carboxylic acids is 2. The number of hydrogen-bond acceptors (Lipinski definition) is 5. The van der Waals surface area contributed by atoms with E-state index in [4.69, 9.17) is 9.84 Å². The third-order valence-electron chi connectivity index (χ3n) is 6.90. The first kappa shape index (κ1) is 34.5. The summed E-state index contributed by atoms with van der Waals surface area (Å²) in [5, 5.41) is 13.6. The van der Waals surface area contributed by atoms with Gasteiger partial charge in [0.2, 0.25) is 0 Å². The molecule has 0 fully saturated rings. The van der Waals surface area contributed by atoms with E-state index in [9.17, 15) is 14.4 Å². The van der Waals surface area contributed by atoms with Crippen molar-refractivity contribution < 1.29 is 24.2 Å². The van der Waals surface area contributed by atoms with Crippen molar-refractivity contribution >= 4 is 29.9 Å². The predicted octanol–water partition coefficient (Wildman–Crippen LogP) is 6.89. The van der Waals surface area contributed by atoms with Crippen LogP contribution in [0.2, 0.25) is 0 Å². The number of unbranched alkanes of at least 4 members (excludes halogenated alkanes) is 3. The van der Waals surface area contributed by atoms with E-state index in [1.165, 1.54) is 16.7 Å². The first-order chi connectivity index (χ1) is 21.1. The van der Waals surface area contributed by atoms with Crippen LogP contribution >= 0.6 is 11.8 Å². The number of carbonyl (C=O) groups is 3. The summed E-state index contributed by atoms with van der Waals surface area (Å²) < 4.78 is 5.24. The third kappa shape index (κ3) is 10.9. The highest BCUT2D eigenvalue weighted by atomic mass is 32.2. The quantitative estimate of drug-likeness (QED) is 0.119. The number of benzene rings is 3. The van der Waals surface area contributed by atoms with Crippen LogP contribution in [0.4, 0.5) is 9.59 Å². The molecule has 8 nitrogen and oxygen atoms in total. The smallest absolute Gasteiger partial charge is 0.410 e. The van der Waals surface area contributed by atoms with Crippen molar-refractivity contribution in [1.82, 2.24) is 15.5 Å². The first-order valence-corrected chi connectivity index (χ1v) is 16.1. The van der Waals surface area contributed by atoms with E-state index >= 15 is 0 Å². The zero-order chi connectivity index (χ0) is 31.8. The Hall–Kier alpha value is -3.98. The van der Waals surface area contributed by atoms with Crippen LogP contribution in [0.25, 0.3) is 0 Å². The van der Waals surface area contributed by atoms with Crippen molar-refractivity contribution in [3.05, 3.63) is 108 Å². The van der Waals surface area contributed by atoms with Crippen molar-refractivity contribution in [3.8, 4) is 0 Å². The topological polar surface area (TPSA) is 108 Å². The maximum Gasteiger partial charge on any atom is 0.410 e. The van der Waals surface area contributed by atoms with Gasteiger partial charge in [-0.15, -0.1) is 11.8 Å². The molecule has 3 amide bonds. The van der Waals surface area contributed by atoms with Gasteiger partial charge in [0.1, 0.15) is 12.1 Å². The van der Waals surface area contributed by atoms with Crippen LogP contribution in [0.1, 0.15) is 63.1 Å². The molecule has 9 heteroatoms. The molecule has 3 N–H and O–H groups in total. The minimum Gasteiger partial charge on any atom is -0.480 e. The Morgan fingerprint density at radius 2 is 1.23 bits per heavy atom. The highest BCUT2D eigenvalue weighted by molar-refractivity contribution is 8.00. The average molecular weight is 620 g/mol. The lowest BCUT2D eigenvalue weighted by molar-refractivity contribution is -0.135. The van der Waals surface area contributed by atoms with E-state index in [2.05, 4.69) is 102 Å². The molecule has 0 spiro atoms. The number of carboxylic acids is 1. The fourth-order valence-corrected chi connectivity index (χ4v) is 6.46. The lowest BCUT2D eigenvalue weighted by Crippen LogP contribution is -2.44. The van der Waals surface area contributed by atoms with E-state index in [0.29, 0.717) is 6.54 Å². The van der Waals surface area contributed by atoms with E-state index in [1.54, 1.807) is 4.90 Å². The molecular weight excluding hydrogens is 574 g/mol. The molecule has 0 aliphatic carbocycles. The number of hydrogen-bond donors (Lipinski definition) is 3. The molecule has 0 radical (unpaired) electrons. The molecule has 0 aliphatic heterocycles. The summed E-state index contributed by atoms with van der Waals surface area (Å²) in [6, 6.07) is 31.5. The predicted molar refractivity (Wildman–Crippen MR) is 177 cm³/mol. The van der Waals surface area contributed by atoms with Gasteiger partial charge in [-0.05, 0) is 56.1 Å². The molecular formula is C35H45N3O5S. The largest absolute Gasteiger partial charge is 0.480 e. The highest BCUT2D eigenvalue weighted by Crippen LogP contribution is 2.48. The number of urea groups is 1. The lowest BCUT2D eigenvalue weighted by atomic mass is 9.84. The summed E-state index contributed by atoms with van der Waals surface area (Å²) in [6.07, 6.45) is 3.35. The molecule has 236 valence electrons. The van der Waals surface area contributed by atoms with Crippen LogP contribution in [-0.2, 0) is 14.3 Å².